The summed E-state index contributed by atoms with van der Waals surface area (Å²) in [4.78, 5) is 6.80. The van der Waals surface area contributed by atoms with Gasteiger partial charge in [0.25, 0.3) is 0 Å². The van der Waals surface area contributed by atoms with Gasteiger partial charge < -0.3 is 5.73 Å². The summed E-state index contributed by atoms with van der Waals surface area (Å²) < 4.78 is 0. The van der Waals surface area contributed by atoms with Crippen molar-refractivity contribution in [3.63, 3.8) is 0 Å². The maximum absolute atomic E-state index is 6.02. The molecule has 1 aromatic rings. The van der Waals surface area contributed by atoms with Gasteiger partial charge in [-0.3, -0.25) is 9.88 Å². The van der Waals surface area contributed by atoms with Gasteiger partial charge in [-0.15, -0.1) is 0 Å². The number of likely N-dealkylation sites (tertiary alicyclic amines) is 1. The summed E-state index contributed by atoms with van der Waals surface area (Å²) in [6.45, 7) is 9.80. The Hall–Kier alpha value is -0.930. The highest BCUT2D eigenvalue weighted by molar-refractivity contribution is 5.25. The van der Waals surface area contributed by atoms with Gasteiger partial charge in [0.15, 0.2) is 0 Å². The van der Waals surface area contributed by atoms with Gasteiger partial charge in [-0.1, -0.05) is 13.8 Å². The summed E-state index contributed by atoms with van der Waals surface area (Å²) in [6.07, 6.45) is 6.41. The topological polar surface area (TPSA) is 42.1 Å². The molecule has 0 radical (unpaired) electrons. The fourth-order valence-electron chi connectivity index (χ4n) is 3.03. The fraction of sp³-hybridized carbons (Fsp3) is 0.667. The van der Waals surface area contributed by atoms with Gasteiger partial charge in [0.05, 0.1) is 0 Å². The summed E-state index contributed by atoms with van der Waals surface area (Å²) in [5.74, 6) is 0. The third kappa shape index (κ3) is 2.90. The fourth-order valence-corrected chi connectivity index (χ4v) is 3.03. The summed E-state index contributed by atoms with van der Waals surface area (Å²) in [5, 5.41) is 0. The molecule has 0 aromatic carbocycles. The van der Waals surface area contributed by atoms with Crippen molar-refractivity contribution in [2.24, 2.45) is 11.1 Å². The quantitative estimate of drug-likeness (QED) is 0.892. The van der Waals surface area contributed by atoms with Gasteiger partial charge in [-0.25, -0.2) is 0 Å². The maximum Gasteiger partial charge on any atom is 0.0488 e. The lowest BCUT2D eigenvalue weighted by Gasteiger charge is -2.42. The number of rotatable bonds is 3. The Kier molecular flexibility index (Phi) is 4.03. The third-order valence-corrected chi connectivity index (χ3v) is 4.03. The second-order valence-corrected chi connectivity index (χ2v) is 6.22. The Balaban J connectivity index is 2.21. The van der Waals surface area contributed by atoms with Crippen LogP contribution in [0.1, 0.15) is 43.9 Å². The zero-order valence-corrected chi connectivity index (χ0v) is 11.8. The summed E-state index contributed by atoms with van der Waals surface area (Å²) in [7, 11) is 0. The Morgan fingerprint density at radius 3 is 2.89 bits per heavy atom. The van der Waals surface area contributed by atoms with E-state index in [9.17, 15) is 0 Å². The standard InChI is InChI=1S/C15H25N3/c1-12-5-7-17-10-13(12)14(9-16)18-8-4-6-15(2,3)11-18/h5,7,10,14H,4,6,8-9,11,16H2,1-3H3. The molecule has 1 aliphatic heterocycles. The molecule has 1 atom stereocenters. The third-order valence-electron chi connectivity index (χ3n) is 4.03. The molecule has 0 saturated carbocycles. The van der Waals surface area contributed by atoms with Crippen LogP contribution in [0.3, 0.4) is 0 Å². The Bertz CT molecular complexity index is 400. The van der Waals surface area contributed by atoms with E-state index in [1.807, 2.05) is 12.4 Å². The minimum atomic E-state index is 0.318. The summed E-state index contributed by atoms with van der Waals surface area (Å²) in [6, 6.07) is 2.39. The van der Waals surface area contributed by atoms with Gasteiger partial charge in [-0.05, 0) is 48.9 Å². The van der Waals surface area contributed by atoms with Crippen molar-refractivity contribution >= 4 is 0 Å². The molecule has 1 fully saturated rings. The number of pyridine rings is 1. The van der Waals surface area contributed by atoms with Crippen molar-refractivity contribution in [2.45, 2.75) is 39.7 Å². The van der Waals surface area contributed by atoms with Crippen LogP contribution in [0.4, 0.5) is 0 Å². The zero-order valence-electron chi connectivity index (χ0n) is 11.8. The molecule has 0 spiro atoms. The number of hydrogen-bond donors (Lipinski definition) is 1. The average molecular weight is 247 g/mol. The van der Waals surface area contributed by atoms with Gasteiger partial charge in [0.2, 0.25) is 0 Å². The molecule has 0 bridgehead atoms. The van der Waals surface area contributed by atoms with E-state index < -0.39 is 0 Å². The SMILES string of the molecule is Cc1ccncc1C(CN)N1CCCC(C)(C)C1. The van der Waals surface area contributed by atoms with E-state index in [2.05, 4.69) is 36.7 Å². The minimum Gasteiger partial charge on any atom is -0.329 e. The predicted octanol–water partition coefficient (Wildman–Crippen LogP) is 2.51. The van der Waals surface area contributed by atoms with E-state index in [0.717, 1.165) is 13.1 Å². The van der Waals surface area contributed by atoms with Crippen molar-refractivity contribution in [3.8, 4) is 0 Å². The van der Waals surface area contributed by atoms with Gasteiger partial charge >= 0.3 is 0 Å². The zero-order chi connectivity index (χ0) is 13.2. The molecule has 100 valence electrons. The van der Waals surface area contributed by atoms with Gasteiger partial charge in [0.1, 0.15) is 0 Å². The lowest BCUT2D eigenvalue weighted by atomic mass is 9.83. The van der Waals surface area contributed by atoms with Crippen LogP contribution in [0.2, 0.25) is 0 Å². The number of piperidine rings is 1. The molecule has 2 rings (SSSR count). The van der Waals surface area contributed by atoms with Crippen molar-refractivity contribution in [2.75, 3.05) is 19.6 Å². The van der Waals surface area contributed by atoms with Crippen LogP contribution in [-0.2, 0) is 0 Å². The summed E-state index contributed by atoms with van der Waals surface area (Å²) in [5.41, 5.74) is 9.01. The van der Waals surface area contributed by atoms with Crippen LogP contribution >= 0.6 is 0 Å². The Morgan fingerprint density at radius 1 is 1.50 bits per heavy atom. The van der Waals surface area contributed by atoms with E-state index in [0.29, 0.717) is 18.0 Å². The van der Waals surface area contributed by atoms with Gasteiger partial charge in [0, 0.05) is 31.5 Å². The largest absolute Gasteiger partial charge is 0.329 e. The van der Waals surface area contributed by atoms with Crippen LogP contribution < -0.4 is 5.73 Å². The van der Waals surface area contributed by atoms with Crippen LogP contribution in [0, 0.1) is 12.3 Å². The first-order chi connectivity index (χ1) is 8.53. The smallest absolute Gasteiger partial charge is 0.0488 e. The highest BCUT2D eigenvalue weighted by Gasteiger charge is 2.31. The highest BCUT2D eigenvalue weighted by atomic mass is 15.2. The lowest BCUT2D eigenvalue weighted by molar-refractivity contribution is 0.0803. The first kappa shape index (κ1) is 13.5. The number of aromatic nitrogens is 1. The van der Waals surface area contributed by atoms with E-state index in [1.54, 1.807) is 0 Å². The summed E-state index contributed by atoms with van der Waals surface area (Å²) >= 11 is 0. The number of aryl methyl sites for hydroxylation is 1. The van der Waals surface area contributed by atoms with Crippen molar-refractivity contribution in [1.29, 1.82) is 0 Å². The number of nitrogens with two attached hydrogens (primary N) is 1. The molecular formula is C15H25N3. The molecule has 1 aromatic heterocycles. The highest BCUT2D eigenvalue weighted by Crippen LogP contribution is 2.33. The molecule has 1 saturated heterocycles. The van der Waals surface area contributed by atoms with Gasteiger partial charge in [-0.2, -0.15) is 0 Å². The normalized spacial score (nSPS) is 21.8. The molecule has 2 N–H and O–H groups in total. The second kappa shape index (κ2) is 5.37. The van der Waals surface area contributed by atoms with Crippen molar-refractivity contribution in [3.05, 3.63) is 29.6 Å². The van der Waals surface area contributed by atoms with Crippen molar-refractivity contribution in [1.82, 2.24) is 9.88 Å². The van der Waals surface area contributed by atoms with E-state index >= 15 is 0 Å². The van der Waals surface area contributed by atoms with E-state index in [4.69, 9.17) is 5.73 Å². The molecule has 3 heteroatoms. The molecule has 1 unspecified atom stereocenters. The molecule has 2 heterocycles. The lowest BCUT2D eigenvalue weighted by Crippen LogP contribution is -2.44. The monoisotopic (exact) mass is 247 g/mol. The molecule has 3 nitrogen and oxygen atoms in total. The van der Waals surface area contributed by atoms with Crippen LogP contribution in [0.15, 0.2) is 18.5 Å². The molecule has 18 heavy (non-hydrogen) atoms. The van der Waals surface area contributed by atoms with Crippen LogP contribution in [-0.4, -0.2) is 29.5 Å². The number of nitrogens with zero attached hydrogens (tertiary/aromatic N) is 2. The van der Waals surface area contributed by atoms with Crippen molar-refractivity contribution < 1.29 is 0 Å². The Labute approximate surface area is 110 Å². The first-order valence-corrected chi connectivity index (χ1v) is 6.88. The second-order valence-electron chi connectivity index (χ2n) is 6.22. The first-order valence-electron chi connectivity index (χ1n) is 6.88. The number of hydrogen-bond acceptors (Lipinski definition) is 3. The average Bonchev–Trinajstić information content (AvgIpc) is 2.31. The van der Waals surface area contributed by atoms with Crippen LogP contribution in [0.25, 0.3) is 0 Å². The Morgan fingerprint density at radius 2 is 2.28 bits per heavy atom. The van der Waals surface area contributed by atoms with Crippen LogP contribution in [0.5, 0.6) is 0 Å². The molecule has 1 aliphatic rings. The predicted molar refractivity (Wildman–Crippen MR) is 75.4 cm³/mol. The van der Waals surface area contributed by atoms with E-state index in [1.165, 1.54) is 24.0 Å². The molecule has 0 aliphatic carbocycles. The maximum atomic E-state index is 6.02. The van der Waals surface area contributed by atoms with E-state index in [-0.39, 0.29) is 0 Å². The molecular weight excluding hydrogens is 222 g/mol. The minimum absolute atomic E-state index is 0.318. The molecule has 0 amide bonds.